The molecule has 4 nitrogen and oxygen atoms in total. The van der Waals surface area contributed by atoms with Gasteiger partial charge in [0.05, 0.1) is 0 Å². The third-order valence-corrected chi connectivity index (χ3v) is 3.94. The Bertz CT molecular complexity index is 769. The molecule has 1 atom stereocenters. The van der Waals surface area contributed by atoms with E-state index in [0.29, 0.717) is 16.3 Å². The fourth-order valence-corrected chi connectivity index (χ4v) is 2.30. The summed E-state index contributed by atoms with van der Waals surface area (Å²) in [7, 11) is 0. The average Bonchev–Trinajstić information content (AvgIpc) is 2.61. The van der Waals surface area contributed by atoms with E-state index in [2.05, 4.69) is 12.2 Å². The minimum atomic E-state index is -0.908. The van der Waals surface area contributed by atoms with E-state index in [4.69, 9.17) is 16.3 Å². The molecule has 0 fully saturated rings. The number of carbonyl (C=O) groups excluding carboxylic acids is 2. The van der Waals surface area contributed by atoms with E-state index in [1.165, 1.54) is 18.6 Å². The average molecular weight is 358 g/mol. The van der Waals surface area contributed by atoms with Gasteiger partial charge in [-0.2, -0.15) is 0 Å². The van der Waals surface area contributed by atoms with Crippen LogP contribution in [0.1, 0.15) is 25.0 Å². The van der Waals surface area contributed by atoms with E-state index in [0.717, 1.165) is 6.42 Å². The Kier molecular flexibility index (Phi) is 6.78. The highest BCUT2D eigenvalue weighted by atomic mass is 35.5. The van der Waals surface area contributed by atoms with Gasteiger partial charge < -0.3 is 10.1 Å². The first-order valence-electron chi connectivity index (χ1n) is 8.02. The van der Waals surface area contributed by atoms with E-state index >= 15 is 0 Å². The standard InChI is InChI=1S/C20H20ClNO3/c1-3-15-8-11-17(12-9-15)22-20(24)14(2)25-19(23)13-10-16-6-4-5-7-18(16)21/h4-14H,3H2,1-2H3,(H,22,24)/b13-10+/t14-/m0/s1. The summed E-state index contributed by atoms with van der Waals surface area (Å²) in [5.74, 6) is -0.993. The number of hydrogen-bond acceptors (Lipinski definition) is 3. The Balaban J connectivity index is 1.89. The van der Waals surface area contributed by atoms with Crippen molar-refractivity contribution in [1.82, 2.24) is 0 Å². The molecule has 0 aliphatic heterocycles. The molecule has 1 N–H and O–H groups in total. The number of ether oxygens (including phenoxy) is 1. The number of nitrogens with one attached hydrogen (secondary N) is 1. The van der Waals surface area contributed by atoms with Gasteiger partial charge in [0.1, 0.15) is 0 Å². The van der Waals surface area contributed by atoms with Gasteiger partial charge in [0.2, 0.25) is 0 Å². The first-order chi connectivity index (χ1) is 12.0. The Hall–Kier alpha value is -2.59. The summed E-state index contributed by atoms with van der Waals surface area (Å²) in [5.41, 5.74) is 2.55. The molecule has 2 aromatic rings. The van der Waals surface area contributed by atoms with Crippen LogP contribution in [0.2, 0.25) is 5.02 Å². The maximum atomic E-state index is 12.1. The Labute approximate surface area is 152 Å². The molecule has 0 saturated carbocycles. The fraction of sp³-hybridized carbons (Fsp3) is 0.200. The summed E-state index contributed by atoms with van der Waals surface area (Å²) < 4.78 is 5.11. The molecule has 0 aromatic heterocycles. The summed E-state index contributed by atoms with van der Waals surface area (Å²) in [5, 5.41) is 3.25. The van der Waals surface area contributed by atoms with Crippen molar-refractivity contribution in [2.45, 2.75) is 26.4 Å². The van der Waals surface area contributed by atoms with Crippen molar-refractivity contribution in [3.05, 3.63) is 70.8 Å². The number of benzene rings is 2. The maximum absolute atomic E-state index is 12.1. The van der Waals surface area contributed by atoms with Crippen LogP contribution in [0.3, 0.4) is 0 Å². The van der Waals surface area contributed by atoms with Gasteiger partial charge in [-0.15, -0.1) is 0 Å². The fourth-order valence-electron chi connectivity index (χ4n) is 2.10. The molecular formula is C20H20ClNO3. The van der Waals surface area contributed by atoms with Crippen LogP contribution in [0.4, 0.5) is 5.69 Å². The molecule has 0 aliphatic rings. The predicted octanol–water partition coefficient (Wildman–Crippen LogP) is 4.49. The molecular weight excluding hydrogens is 338 g/mol. The molecule has 0 heterocycles. The number of hydrogen-bond donors (Lipinski definition) is 1. The zero-order valence-electron chi connectivity index (χ0n) is 14.2. The highest BCUT2D eigenvalue weighted by molar-refractivity contribution is 6.32. The third kappa shape index (κ3) is 5.76. The van der Waals surface area contributed by atoms with E-state index < -0.39 is 12.1 Å². The van der Waals surface area contributed by atoms with Crippen molar-refractivity contribution in [3.8, 4) is 0 Å². The van der Waals surface area contributed by atoms with Gasteiger partial charge in [-0.25, -0.2) is 4.79 Å². The number of esters is 1. The molecule has 2 rings (SSSR count). The van der Waals surface area contributed by atoms with E-state index in [1.54, 1.807) is 24.3 Å². The molecule has 1 amide bonds. The minimum Gasteiger partial charge on any atom is -0.449 e. The maximum Gasteiger partial charge on any atom is 0.331 e. The second-order valence-electron chi connectivity index (χ2n) is 5.47. The van der Waals surface area contributed by atoms with Gasteiger partial charge >= 0.3 is 5.97 Å². The molecule has 0 aliphatic carbocycles. The van der Waals surface area contributed by atoms with Crippen molar-refractivity contribution >= 4 is 35.2 Å². The van der Waals surface area contributed by atoms with Crippen LogP contribution in [0, 0.1) is 0 Å². The molecule has 25 heavy (non-hydrogen) atoms. The van der Waals surface area contributed by atoms with Crippen LogP contribution in [-0.4, -0.2) is 18.0 Å². The van der Waals surface area contributed by atoms with Gasteiger partial charge in [0.15, 0.2) is 6.10 Å². The second kappa shape index (κ2) is 9.04. The zero-order valence-corrected chi connectivity index (χ0v) is 14.9. The van der Waals surface area contributed by atoms with Crippen LogP contribution in [-0.2, 0) is 20.7 Å². The molecule has 0 spiro atoms. The summed E-state index contributed by atoms with van der Waals surface area (Å²) >= 11 is 6.01. The Morgan fingerprint density at radius 3 is 2.48 bits per heavy atom. The van der Waals surface area contributed by atoms with Crippen molar-refractivity contribution < 1.29 is 14.3 Å². The number of aryl methyl sites for hydroxylation is 1. The second-order valence-corrected chi connectivity index (χ2v) is 5.88. The molecule has 0 unspecified atom stereocenters. The number of anilines is 1. The Morgan fingerprint density at radius 1 is 1.16 bits per heavy atom. The largest absolute Gasteiger partial charge is 0.449 e. The van der Waals surface area contributed by atoms with Gasteiger partial charge in [0.25, 0.3) is 5.91 Å². The van der Waals surface area contributed by atoms with Crippen LogP contribution in [0.25, 0.3) is 6.08 Å². The van der Waals surface area contributed by atoms with Crippen LogP contribution in [0.5, 0.6) is 0 Å². The van der Waals surface area contributed by atoms with Crippen molar-refractivity contribution in [2.75, 3.05) is 5.32 Å². The monoisotopic (exact) mass is 357 g/mol. The summed E-state index contributed by atoms with van der Waals surface area (Å²) in [6.07, 6.45) is 2.83. The Morgan fingerprint density at radius 2 is 1.84 bits per heavy atom. The van der Waals surface area contributed by atoms with Gasteiger partial charge in [-0.05, 0) is 48.7 Å². The molecule has 0 saturated heterocycles. The summed E-state index contributed by atoms with van der Waals surface area (Å²) in [4.78, 5) is 23.9. The molecule has 2 aromatic carbocycles. The summed E-state index contributed by atoms with van der Waals surface area (Å²) in [6, 6.07) is 14.7. The molecule has 0 bridgehead atoms. The highest BCUT2D eigenvalue weighted by Gasteiger charge is 2.16. The van der Waals surface area contributed by atoms with Gasteiger partial charge in [-0.1, -0.05) is 48.9 Å². The van der Waals surface area contributed by atoms with Gasteiger partial charge in [-0.3, -0.25) is 4.79 Å². The van der Waals surface area contributed by atoms with Crippen molar-refractivity contribution in [2.24, 2.45) is 0 Å². The SMILES string of the molecule is CCc1ccc(NC(=O)[C@H](C)OC(=O)/C=C/c2ccccc2Cl)cc1. The number of halogens is 1. The van der Waals surface area contributed by atoms with E-state index in [-0.39, 0.29) is 5.91 Å². The number of rotatable bonds is 6. The lowest BCUT2D eigenvalue weighted by atomic mass is 10.1. The smallest absolute Gasteiger partial charge is 0.331 e. The first-order valence-corrected chi connectivity index (χ1v) is 8.40. The van der Waals surface area contributed by atoms with Crippen molar-refractivity contribution in [1.29, 1.82) is 0 Å². The highest BCUT2D eigenvalue weighted by Crippen LogP contribution is 2.16. The first kappa shape index (κ1) is 18.7. The van der Waals surface area contributed by atoms with E-state index in [1.807, 2.05) is 30.3 Å². The summed E-state index contributed by atoms with van der Waals surface area (Å²) in [6.45, 7) is 3.59. The van der Waals surface area contributed by atoms with E-state index in [9.17, 15) is 9.59 Å². The molecule has 130 valence electrons. The van der Waals surface area contributed by atoms with Crippen LogP contribution in [0.15, 0.2) is 54.6 Å². The molecule has 0 radical (unpaired) electrons. The lowest BCUT2D eigenvalue weighted by molar-refractivity contribution is -0.148. The normalized spacial score (nSPS) is 12.0. The van der Waals surface area contributed by atoms with Crippen LogP contribution < -0.4 is 5.32 Å². The predicted molar refractivity (Wildman–Crippen MR) is 100 cm³/mol. The number of amides is 1. The quantitative estimate of drug-likeness (QED) is 0.612. The van der Waals surface area contributed by atoms with Crippen molar-refractivity contribution in [3.63, 3.8) is 0 Å². The number of carbonyl (C=O) groups is 2. The molecule has 5 heteroatoms. The topological polar surface area (TPSA) is 55.4 Å². The van der Waals surface area contributed by atoms with Crippen LogP contribution >= 0.6 is 11.6 Å². The third-order valence-electron chi connectivity index (χ3n) is 3.60. The van der Waals surface area contributed by atoms with Gasteiger partial charge in [0, 0.05) is 16.8 Å². The minimum absolute atomic E-state index is 0.385. The lowest BCUT2D eigenvalue weighted by Crippen LogP contribution is -2.29. The zero-order chi connectivity index (χ0) is 18.2. The lowest BCUT2D eigenvalue weighted by Gasteiger charge is -2.12.